The maximum atomic E-state index is 12.4. The van der Waals surface area contributed by atoms with Crippen molar-refractivity contribution in [1.82, 2.24) is 5.32 Å². The summed E-state index contributed by atoms with van der Waals surface area (Å²) in [6.45, 7) is 1.34. The highest BCUT2D eigenvalue weighted by atomic mass is 79.9. The molecule has 0 fully saturated rings. The largest absolute Gasteiger partial charge is 0.480 e. The molecule has 0 saturated heterocycles. The van der Waals surface area contributed by atoms with Crippen LogP contribution >= 0.6 is 31.9 Å². The maximum Gasteiger partial charge on any atom is 0.326 e. The monoisotopic (exact) mass is 493 g/mol. The Morgan fingerprint density at radius 1 is 1.00 bits per heavy atom. The van der Waals surface area contributed by atoms with Crippen molar-refractivity contribution >= 4 is 55.7 Å². The summed E-state index contributed by atoms with van der Waals surface area (Å²) in [7, 11) is 2.14. The lowest BCUT2D eigenvalue weighted by Crippen LogP contribution is -2.50. The minimum atomic E-state index is -1.52. The van der Waals surface area contributed by atoms with Gasteiger partial charge in [0.2, 0.25) is 0 Å². The first kappa shape index (κ1) is 22.1. The van der Waals surface area contributed by atoms with Gasteiger partial charge in [0.25, 0.3) is 5.91 Å². The molecular formula is C16H17Br2NO7. The lowest BCUT2D eigenvalue weighted by molar-refractivity contribution is -0.162. The molecule has 142 valence electrons. The van der Waals surface area contributed by atoms with Crippen molar-refractivity contribution in [3.63, 3.8) is 0 Å². The van der Waals surface area contributed by atoms with Crippen LogP contribution in [-0.4, -0.2) is 49.2 Å². The van der Waals surface area contributed by atoms with Crippen LogP contribution in [0.1, 0.15) is 17.3 Å². The number of esters is 2. The van der Waals surface area contributed by atoms with Gasteiger partial charge in [-0.05, 0) is 18.2 Å². The zero-order chi connectivity index (χ0) is 20.0. The molecule has 8 nitrogen and oxygen atoms in total. The highest BCUT2D eigenvalue weighted by molar-refractivity contribution is 9.11. The minimum Gasteiger partial charge on any atom is -0.480 e. The van der Waals surface area contributed by atoms with Crippen molar-refractivity contribution in [2.75, 3.05) is 14.2 Å². The normalized spacial score (nSPS) is 12.8. The summed E-state index contributed by atoms with van der Waals surface area (Å²) >= 11 is 6.47. The van der Waals surface area contributed by atoms with E-state index in [0.29, 0.717) is 8.95 Å². The molecule has 2 N–H and O–H groups in total. The summed E-state index contributed by atoms with van der Waals surface area (Å²) in [6, 6.07) is 3.19. The number of benzene rings is 1. The summed E-state index contributed by atoms with van der Waals surface area (Å²) in [4.78, 5) is 47.8. The van der Waals surface area contributed by atoms with Gasteiger partial charge in [-0.3, -0.25) is 14.4 Å². The second-order valence-corrected chi connectivity index (χ2v) is 7.16. The van der Waals surface area contributed by atoms with E-state index in [1.165, 1.54) is 19.1 Å². The third-order valence-electron chi connectivity index (χ3n) is 3.64. The van der Waals surface area contributed by atoms with Gasteiger partial charge in [-0.25, -0.2) is 4.79 Å². The Bertz CT molecular complexity index is 686. The molecule has 0 saturated carbocycles. The highest BCUT2D eigenvalue weighted by Crippen LogP contribution is 2.22. The first-order valence-corrected chi connectivity index (χ1v) is 8.86. The number of hydrogen-bond acceptors (Lipinski definition) is 6. The minimum absolute atomic E-state index is 0.192. The molecule has 0 spiro atoms. The molecule has 10 heteroatoms. The molecule has 0 radical (unpaired) electrons. The Morgan fingerprint density at radius 2 is 1.46 bits per heavy atom. The van der Waals surface area contributed by atoms with Gasteiger partial charge in [0, 0.05) is 20.4 Å². The Kier molecular flexibility index (Phi) is 8.22. The number of carboxylic acids is 1. The summed E-state index contributed by atoms with van der Waals surface area (Å²) in [5, 5.41) is 11.8. The Hall–Kier alpha value is -1.94. The van der Waals surface area contributed by atoms with Gasteiger partial charge in [-0.15, -0.1) is 0 Å². The van der Waals surface area contributed by atoms with Crippen LogP contribution in [0.5, 0.6) is 0 Å². The van der Waals surface area contributed by atoms with Crippen molar-refractivity contribution in [1.29, 1.82) is 0 Å². The van der Waals surface area contributed by atoms with Gasteiger partial charge in [0.15, 0.2) is 5.92 Å². The molecule has 1 aromatic carbocycles. The van der Waals surface area contributed by atoms with E-state index in [2.05, 4.69) is 46.7 Å². The van der Waals surface area contributed by atoms with E-state index in [1.807, 2.05) is 0 Å². The van der Waals surface area contributed by atoms with Crippen LogP contribution in [0.3, 0.4) is 0 Å². The molecule has 0 aliphatic heterocycles. The van der Waals surface area contributed by atoms with E-state index in [4.69, 9.17) is 0 Å². The van der Waals surface area contributed by atoms with Gasteiger partial charge in [-0.2, -0.15) is 0 Å². The second kappa shape index (κ2) is 9.67. The van der Waals surface area contributed by atoms with Gasteiger partial charge in [0.1, 0.15) is 6.04 Å². The Labute approximate surface area is 166 Å². The summed E-state index contributed by atoms with van der Waals surface area (Å²) in [5.74, 6) is -6.60. The third kappa shape index (κ3) is 5.53. The number of aliphatic carboxylic acids is 1. The average Bonchev–Trinajstić information content (AvgIpc) is 2.57. The fourth-order valence-electron chi connectivity index (χ4n) is 2.30. The molecular weight excluding hydrogens is 478 g/mol. The fourth-order valence-corrected chi connectivity index (χ4v) is 3.59. The summed E-state index contributed by atoms with van der Waals surface area (Å²) in [5.41, 5.74) is 0.192. The number of carbonyl (C=O) groups excluding carboxylic acids is 3. The molecule has 2 atom stereocenters. The van der Waals surface area contributed by atoms with Gasteiger partial charge in [-0.1, -0.05) is 38.8 Å². The number of carbonyl (C=O) groups is 4. The van der Waals surface area contributed by atoms with Gasteiger partial charge in [0.05, 0.1) is 14.2 Å². The zero-order valence-electron chi connectivity index (χ0n) is 14.1. The van der Waals surface area contributed by atoms with Gasteiger partial charge >= 0.3 is 17.9 Å². The predicted molar refractivity (Wildman–Crippen MR) is 97.4 cm³/mol. The molecule has 26 heavy (non-hydrogen) atoms. The molecule has 0 aliphatic carbocycles. The van der Waals surface area contributed by atoms with Crippen molar-refractivity contribution in [3.05, 3.63) is 32.7 Å². The molecule has 0 unspecified atom stereocenters. The average molecular weight is 495 g/mol. The molecule has 1 amide bonds. The predicted octanol–water partition coefficient (Wildman–Crippen LogP) is 1.99. The Balaban J connectivity index is 3.13. The van der Waals surface area contributed by atoms with Crippen LogP contribution in [0.2, 0.25) is 0 Å². The molecule has 1 rings (SSSR count). The zero-order valence-corrected chi connectivity index (χ0v) is 17.3. The maximum absolute atomic E-state index is 12.4. The number of hydrogen-bond donors (Lipinski definition) is 2. The van der Waals surface area contributed by atoms with Crippen molar-refractivity contribution in [2.24, 2.45) is 11.8 Å². The number of rotatable bonds is 7. The van der Waals surface area contributed by atoms with Crippen molar-refractivity contribution in [2.45, 2.75) is 13.0 Å². The first-order chi connectivity index (χ1) is 12.1. The van der Waals surface area contributed by atoms with Crippen LogP contribution in [0.25, 0.3) is 0 Å². The fraction of sp³-hybridized carbons (Fsp3) is 0.375. The van der Waals surface area contributed by atoms with Crippen LogP contribution in [0, 0.1) is 11.8 Å². The van der Waals surface area contributed by atoms with E-state index >= 15 is 0 Å². The van der Waals surface area contributed by atoms with Crippen molar-refractivity contribution in [3.8, 4) is 0 Å². The summed E-state index contributed by atoms with van der Waals surface area (Å²) in [6.07, 6.45) is 0. The Morgan fingerprint density at radius 3 is 1.85 bits per heavy atom. The van der Waals surface area contributed by atoms with E-state index in [0.717, 1.165) is 14.2 Å². The molecule has 0 heterocycles. The van der Waals surface area contributed by atoms with Crippen LogP contribution < -0.4 is 5.32 Å². The third-order valence-corrected chi connectivity index (χ3v) is 4.55. The van der Waals surface area contributed by atoms with E-state index in [-0.39, 0.29) is 5.56 Å². The van der Waals surface area contributed by atoms with Crippen LogP contribution in [0.15, 0.2) is 27.1 Å². The highest BCUT2D eigenvalue weighted by Gasteiger charge is 2.42. The number of methoxy groups -OCH3 is 2. The van der Waals surface area contributed by atoms with Crippen molar-refractivity contribution < 1.29 is 33.8 Å². The van der Waals surface area contributed by atoms with Crippen LogP contribution in [-0.2, 0) is 23.9 Å². The number of amides is 1. The summed E-state index contributed by atoms with van der Waals surface area (Å²) < 4.78 is 10.3. The molecule has 1 aromatic rings. The van der Waals surface area contributed by atoms with E-state index in [9.17, 15) is 24.3 Å². The second-order valence-electron chi connectivity index (χ2n) is 5.33. The molecule has 0 aromatic heterocycles. The van der Waals surface area contributed by atoms with E-state index in [1.54, 1.807) is 6.07 Å². The lowest BCUT2D eigenvalue weighted by atomic mass is 9.87. The standard InChI is InChI=1S/C16H17Br2NO7/c1-7(11(15(23)25-2)16(24)26-3)12(14(21)22)19-13(20)8-4-9(17)6-10(18)5-8/h4-7,11-12H,1-3H3,(H,19,20)(H,21,22)/t7-,12+/m1/s1. The number of halogens is 2. The smallest absolute Gasteiger partial charge is 0.326 e. The van der Waals surface area contributed by atoms with E-state index < -0.39 is 41.7 Å². The molecule has 0 bridgehead atoms. The topological polar surface area (TPSA) is 119 Å². The number of nitrogens with one attached hydrogen (secondary N) is 1. The van der Waals surface area contributed by atoms with Gasteiger partial charge < -0.3 is 19.9 Å². The number of carboxylic acid groups (broad SMARTS) is 1. The van der Waals surface area contributed by atoms with Crippen LogP contribution in [0.4, 0.5) is 0 Å². The first-order valence-electron chi connectivity index (χ1n) is 7.27. The lowest BCUT2D eigenvalue weighted by Gasteiger charge is -2.26. The quantitative estimate of drug-likeness (QED) is 0.439. The SMILES string of the molecule is COC(=O)C(C(=O)OC)[C@@H](C)[C@H](NC(=O)c1cc(Br)cc(Br)c1)C(=O)O. The molecule has 0 aliphatic rings. The number of ether oxygens (including phenoxy) is 2.